The molecule has 0 radical (unpaired) electrons. The molecule has 4 rings (SSSR count). The molecular weight excluding hydrogens is 514 g/mol. The second-order valence-corrected chi connectivity index (χ2v) is 11.2. The zero-order valence-electron chi connectivity index (χ0n) is 24.6. The summed E-state index contributed by atoms with van der Waals surface area (Å²) in [6.07, 6.45) is 9.62. The van der Waals surface area contributed by atoms with Crippen LogP contribution in [0.3, 0.4) is 0 Å². The first-order valence-electron chi connectivity index (χ1n) is 14.8. The number of terminal acetylenes is 1. The van der Waals surface area contributed by atoms with Gasteiger partial charge in [0.1, 0.15) is 12.2 Å². The number of rotatable bonds is 11. The molecule has 4 amide bonds. The number of urea groups is 1. The number of benzene rings is 2. The molecule has 2 saturated heterocycles. The Morgan fingerprint density at radius 2 is 1.80 bits per heavy atom. The van der Waals surface area contributed by atoms with Crippen molar-refractivity contribution in [2.24, 2.45) is 5.92 Å². The van der Waals surface area contributed by atoms with Gasteiger partial charge in [-0.3, -0.25) is 9.59 Å². The number of carbonyl (C=O) groups excluding carboxylic acids is 3. The Kier molecular flexibility index (Phi) is 10.4. The summed E-state index contributed by atoms with van der Waals surface area (Å²) in [7, 11) is 0. The maximum Gasteiger partial charge on any atom is 0.334 e. The third kappa shape index (κ3) is 7.28. The Morgan fingerprint density at radius 1 is 1.07 bits per heavy atom. The number of hydrazine groups is 1. The topological polar surface area (TPSA) is 76.2 Å². The number of amides is 4. The maximum absolute atomic E-state index is 14.1. The number of fused-ring (bicyclic) bond motifs is 1. The van der Waals surface area contributed by atoms with Gasteiger partial charge in [-0.05, 0) is 30.4 Å². The van der Waals surface area contributed by atoms with Gasteiger partial charge in [-0.1, -0.05) is 99.2 Å². The highest BCUT2D eigenvalue weighted by atomic mass is 16.2. The van der Waals surface area contributed by atoms with Crippen molar-refractivity contribution in [3.8, 4) is 12.3 Å². The van der Waals surface area contributed by atoms with Crippen LogP contribution in [0, 0.1) is 25.2 Å². The van der Waals surface area contributed by atoms with Gasteiger partial charge in [0.25, 0.3) is 0 Å². The standard InChI is InChI=1S/C33H43N5O3/c1-5-8-12-26(7-3)22-35-23-30-37(29(32(35)40)20-27-17-15-25(4)16-18-27)31(39)24-36(19-6-2)38(30)33(41)34-21-28-13-10-9-11-14-28/h2,9-11,13-18,26,29-30H,5,7-8,12,19-24H2,1,3-4H3,(H,34,41)/t26?,29?,30-/m0/s1. The molecular formula is C33H43N5O3. The molecule has 0 aliphatic carbocycles. The van der Waals surface area contributed by atoms with Crippen LogP contribution in [0.15, 0.2) is 54.6 Å². The van der Waals surface area contributed by atoms with E-state index in [-0.39, 0.29) is 37.5 Å². The first kappa shape index (κ1) is 30.1. The quantitative estimate of drug-likeness (QED) is 0.421. The Morgan fingerprint density at radius 3 is 2.46 bits per heavy atom. The molecule has 41 heavy (non-hydrogen) atoms. The maximum atomic E-state index is 14.1. The normalized spacial score (nSPS) is 20.0. The molecule has 2 heterocycles. The predicted octanol–water partition coefficient (Wildman–Crippen LogP) is 4.20. The van der Waals surface area contributed by atoms with Gasteiger partial charge < -0.3 is 15.1 Å². The van der Waals surface area contributed by atoms with Crippen molar-refractivity contribution in [3.63, 3.8) is 0 Å². The van der Waals surface area contributed by atoms with Crippen LogP contribution in [0.1, 0.15) is 56.2 Å². The lowest BCUT2D eigenvalue weighted by Crippen LogP contribution is -2.76. The minimum Gasteiger partial charge on any atom is -0.337 e. The number of piperazine rings is 1. The van der Waals surface area contributed by atoms with E-state index in [9.17, 15) is 14.4 Å². The van der Waals surface area contributed by atoms with Crippen LogP contribution in [0.4, 0.5) is 4.79 Å². The number of hydrogen-bond donors (Lipinski definition) is 1. The lowest BCUT2D eigenvalue weighted by Gasteiger charge is -2.55. The lowest BCUT2D eigenvalue weighted by atomic mass is 9.95. The van der Waals surface area contributed by atoms with Crippen molar-refractivity contribution in [2.45, 2.75) is 71.6 Å². The average molecular weight is 558 g/mol. The van der Waals surface area contributed by atoms with E-state index in [1.54, 1.807) is 14.9 Å². The van der Waals surface area contributed by atoms with E-state index in [1.807, 2.05) is 66.4 Å². The van der Waals surface area contributed by atoms with Crippen molar-refractivity contribution in [1.29, 1.82) is 0 Å². The predicted molar refractivity (Wildman–Crippen MR) is 160 cm³/mol. The summed E-state index contributed by atoms with van der Waals surface area (Å²) in [6, 6.07) is 16.7. The number of nitrogens with one attached hydrogen (secondary N) is 1. The van der Waals surface area contributed by atoms with Gasteiger partial charge in [0, 0.05) is 19.5 Å². The van der Waals surface area contributed by atoms with Gasteiger partial charge in [0.05, 0.1) is 19.6 Å². The number of aryl methyl sites for hydroxylation is 1. The van der Waals surface area contributed by atoms with Gasteiger partial charge in [-0.2, -0.15) is 5.01 Å². The SMILES string of the molecule is C#CCN1CC(=O)N2C(Cc3ccc(C)cc3)C(=O)N(CC(CC)CCCC)C[C@@H]2N1C(=O)NCc1ccccc1. The number of carbonyl (C=O) groups is 3. The van der Waals surface area contributed by atoms with Crippen LogP contribution in [0.25, 0.3) is 0 Å². The smallest absolute Gasteiger partial charge is 0.334 e. The van der Waals surface area contributed by atoms with Crippen LogP contribution in [-0.2, 0) is 22.6 Å². The average Bonchev–Trinajstić information content (AvgIpc) is 2.97. The van der Waals surface area contributed by atoms with Crippen LogP contribution in [0.2, 0.25) is 0 Å². The fraction of sp³-hybridized carbons (Fsp3) is 0.485. The summed E-state index contributed by atoms with van der Waals surface area (Å²) in [4.78, 5) is 45.1. The highest BCUT2D eigenvalue weighted by molar-refractivity contribution is 5.91. The number of hydrogen-bond acceptors (Lipinski definition) is 4. The van der Waals surface area contributed by atoms with Crippen molar-refractivity contribution < 1.29 is 14.4 Å². The Balaban J connectivity index is 1.67. The molecule has 8 nitrogen and oxygen atoms in total. The molecule has 218 valence electrons. The second kappa shape index (κ2) is 14.2. The lowest BCUT2D eigenvalue weighted by molar-refractivity contribution is -0.189. The molecule has 2 aliphatic heterocycles. The van der Waals surface area contributed by atoms with Crippen molar-refractivity contribution >= 4 is 17.8 Å². The first-order valence-corrected chi connectivity index (χ1v) is 14.8. The summed E-state index contributed by atoms with van der Waals surface area (Å²) in [5.74, 6) is 2.71. The largest absolute Gasteiger partial charge is 0.337 e. The van der Waals surface area contributed by atoms with E-state index in [0.29, 0.717) is 25.4 Å². The zero-order valence-corrected chi connectivity index (χ0v) is 24.6. The zero-order chi connectivity index (χ0) is 29.4. The molecule has 2 fully saturated rings. The van der Waals surface area contributed by atoms with Gasteiger partial charge in [0.2, 0.25) is 11.8 Å². The molecule has 0 saturated carbocycles. The Hall–Kier alpha value is -3.83. The highest BCUT2D eigenvalue weighted by Gasteiger charge is 2.51. The van der Waals surface area contributed by atoms with Crippen LogP contribution < -0.4 is 5.32 Å². The molecule has 8 heteroatoms. The van der Waals surface area contributed by atoms with Crippen LogP contribution in [0.5, 0.6) is 0 Å². The summed E-state index contributed by atoms with van der Waals surface area (Å²) in [5.41, 5.74) is 3.07. The third-order valence-corrected chi connectivity index (χ3v) is 8.17. The minimum absolute atomic E-state index is 0.0554. The molecule has 0 aromatic heterocycles. The summed E-state index contributed by atoms with van der Waals surface area (Å²) in [6.45, 7) is 7.59. The molecule has 2 unspecified atom stereocenters. The Labute approximate surface area is 244 Å². The molecule has 2 aromatic carbocycles. The monoisotopic (exact) mass is 557 g/mol. The van der Waals surface area contributed by atoms with Crippen molar-refractivity contribution in [3.05, 3.63) is 71.3 Å². The molecule has 3 atom stereocenters. The van der Waals surface area contributed by atoms with Gasteiger partial charge in [0.15, 0.2) is 0 Å². The Bertz CT molecular complexity index is 1230. The molecule has 2 aromatic rings. The van der Waals surface area contributed by atoms with E-state index < -0.39 is 12.2 Å². The number of unbranched alkanes of at least 4 members (excludes halogenated alkanes) is 1. The fourth-order valence-corrected chi connectivity index (χ4v) is 5.83. The third-order valence-electron chi connectivity index (χ3n) is 8.17. The molecule has 2 aliphatic rings. The molecule has 0 bridgehead atoms. The van der Waals surface area contributed by atoms with E-state index >= 15 is 0 Å². The van der Waals surface area contributed by atoms with E-state index in [1.165, 1.54) is 0 Å². The second-order valence-electron chi connectivity index (χ2n) is 11.2. The summed E-state index contributed by atoms with van der Waals surface area (Å²) < 4.78 is 0. The summed E-state index contributed by atoms with van der Waals surface area (Å²) >= 11 is 0. The summed E-state index contributed by atoms with van der Waals surface area (Å²) in [5, 5.41) is 6.23. The van der Waals surface area contributed by atoms with E-state index in [0.717, 1.165) is 42.4 Å². The van der Waals surface area contributed by atoms with Crippen molar-refractivity contribution in [1.82, 2.24) is 25.1 Å². The van der Waals surface area contributed by atoms with Gasteiger partial charge >= 0.3 is 6.03 Å². The fourth-order valence-electron chi connectivity index (χ4n) is 5.83. The van der Waals surface area contributed by atoms with Crippen molar-refractivity contribution in [2.75, 3.05) is 26.2 Å². The highest BCUT2D eigenvalue weighted by Crippen LogP contribution is 2.29. The minimum atomic E-state index is -0.704. The van der Waals surface area contributed by atoms with Gasteiger partial charge in [-0.25, -0.2) is 9.80 Å². The number of nitrogens with zero attached hydrogens (tertiary/aromatic N) is 4. The molecule has 1 N–H and O–H groups in total. The van der Waals surface area contributed by atoms with Crippen LogP contribution in [-0.4, -0.2) is 76.0 Å². The van der Waals surface area contributed by atoms with E-state index in [4.69, 9.17) is 6.42 Å². The molecule has 0 spiro atoms. The first-order chi connectivity index (χ1) is 19.9. The van der Waals surface area contributed by atoms with Crippen LogP contribution >= 0.6 is 0 Å². The van der Waals surface area contributed by atoms with Gasteiger partial charge in [-0.15, -0.1) is 6.42 Å². The van der Waals surface area contributed by atoms with E-state index in [2.05, 4.69) is 25.1 Å².